The van der Waals surface area contributed by atoms with Gasteiger partial charge in [0.05, 0.1) is 11.2 Å². The molecule has 0 spiro atoms. The first-order valence-corrected chi connectivity index (χ1v) is 13.6. The minimum Gasteiger partial charge on any atom is -0.455 e. The molecular weight excluding hydrogens is 496 g/mol. The minimum absolute atomic E-state index is 0.733. The summed E-state index contributed by atoms with van der Waals surface area (Å²) in [5.41, 5.74) is 5.59. The van der Waals surface area contributed by atoms with E-state index in [4.69, 9.17) is 8.83 Å². The highest BCUT2D eigenvalue weighted by atomic mass is 16.3. The molecular formula is C36H30O4. The first kappa shape index (κ1) is 24.6. The smallest absolute Gasteiger partial charge is 0.143 e. The first-order chi connectivity index (χ1) is 19.1. The van der Waals surface area contributed by atoms with Gasteiger partial charge in [-0.15, -0.1) is 0 Å². The summed E-state index contributed by atoms with van der Waals surface area (Å²) in [6.07, 6.45) is 0. The van der Waals surface area contributed by atoms with E-state index in [0.717, 1.165) is 77.3 Å². The van der Waals surface area contributed by atoms with Crippen molar-refractivity contribution in [1.82, 2.24) is 0 Å². The highest BCUT2D eigenvalue weighted by molar-refractivity contribution is 6.11. The zero-order valence-electron chi connectivity index (χ0n) is 22.9. The fourth-order valence-corrected chi connectivity index (χ4v) is 5.98. The molecule has 0 radical (unpaired) electrons. The van der Waals surface area contributed by atoms with Crippen LogP contribution >= 0.6 is 0 Å². The van der Waals surface area contributed by atoms with Gasteiger partial charge in [0.2, 0.25) is 0 Å². The van der Waals surface area contributed by atoms with Crippen LogP contribution in [0.1, 0.15) is 38.8 Å². The normalized spacial score (nSPS) is 12.8. The Morgan fingerprint density at radius 3 is 1.23 bits per heavy atom. The third-order valence-corrected chi connectivity index (χ3v) is 7.86. The average Bonchev–Trinajstić information content (AvgIpc) is 3.50. The fourth-order valence-electron chi connectivity index (χ4n) is 5.98. The van der Waals surface area contributed by atoms with Crippen LogP contribution in [0.4, 0.5) is 0 Å². The number of fused-ring (bicyclic) bond motifs is 6. The van der Waals surface area contributed by atoms with Crippen molar-refractivity contribution < 1.29 is 19.0 Å². The van der Waals surface area contributed by atoms with Gasteiger partial charge in [-0.2, -0.15) is 0 Å². The molecule has 7 rings (SSSR count). The molecule has 0 saturated heterocycles. The highest BCUT2D eigenvalue weighted by Crippen LogP contribution is 2.46. The summed E-state index contributed by atoms with van der Waals surface area (Å²) in [6, 6.07) is 32.2. The van der Waals surface area contributed by atoms with Crippen LogP contribution in [0.5, 0.6) is 0 Å². The summed E-state index contributed by atoms with van der Waals surface area (Å²) < 4.78 is 12.8. The standard InChI is InChI=1S/C36H30O4/c1-35(2,37)29-19-28(26-16-10-14-24-22-12-6-8-18-32(22)40-34(24)26)30(36(3,4)38)20-27(29)25-15-9-13-23-21-11-5-7-17-31(21)39-33(23)25/h5-20,37-38H,1-4H3. The zero-order chi connectivity index (χ0) is 27.8. The number of aliphatic hydroxyl groups is 2. The Labute approximate surface area is 232 Å². The SMILES string of the molecule is CC(C)(O)c1cc(-c2cccc3c2oc2ccccc23)c(C(C)(C)O)cc1-c1cccc2c1oc1ccccc12. The second-order valence-electron chi connectivity index (χ2n) is 11.6. The van der Waals surface area contributed by atoms with Gasteiger partial charge in [0.1, 0.15) is 22.3 Å². The van der Waals surface area contributed by atoms with E-state index in [9.17, 15) is 10.2 Å². The Bertz CT molecular complexity index is 1930. The van der Waals surface area contributed by atoms with Crippen molar-refractivity contribution in [3.05, 3.63) is 108 Å². The van der Waals surface area contributed by atoms with E-state index in [-0.39, 0.29) is 0 Å². The highest BCUT2D eigenvalue weighted by Gasteiger charge is 2.30. The van der Waals surface area contributed by atoms with E-state index in [1.807, 2.05) is 72.8 Å². The lowest BCUT2D eigenvalue weighted by atomic mass is 9.80. The summed E-state index contributed by atoms with van der Waals surface area (Å²) in [5, 5.41) is 27.1. The summed E-state index contributed by atoms with van der Waals surface area (Å²) in [7, 11) is 0. The molecule has 2 N–H and O–H groups in total. The lowest BCUT2D eigenvalue weighted by molar-refractivity contribution is 0.0753. The van der Waals surface area contributed by atoms with E-state index in [0.29, 0.717) is 0 Å². The maximum Gasteiger partial charge on any atom is 0.143 e. The summed E-state index contributed by atoms with van der Waals surface area (Å²) in [5.74, 6) is 0. The number of hydrogen-bond acceptors (Lipinski definition) is 4. The van der Waals surface area contributed by atoms with Crippen molar-refractivity contribution in [3.8, 4) is 22.3 Å². The molecule has 0 saturated carbocycles. The van der Waals surface area contributed by atoms with Gasteiger partial charge in [0.15, 0.2) is 0 Å². The molecule has 0 bridgehead atoms. The molecule has 0 aliphatic carbocycles. The van der Waals surface area contributed by atoms with Crippen molar-refractivity contribution in [2.45, 2.75) is 38.9 Å². The molecule has 0 atom stereocenters. The third-order valence-electron chi connectivity index (χ3n) is 7.86. The van der Waals surface area contributed by atoms with Gasteiger partial charge in [0.25, 0.3) is 0 Å². The zero-order valence-corrected chi connectivity index (χ0v) is 22.9. The Hall–Kier alpha value is -4.38. The summed E-state index contributed by atoms with van der Waals surface area (Å²) >= 11 is 0. The predicted octanol–water partition coefficient (Wildman–Crippen LogP) is 9.27. The molecule has 2 aromatic heterocycles. The van der Waals surface area contributed by atoms with E-state index in [1.54, 1.807) is 27.7 Å². The van der Waals surface area contributed by atoms with Gasteiger partial charge in [-0.1, -0.05) is 72.8 Å². The van der Waals surface area contributed by atoms with Gasteiger partial charge in [-0.3, -0.25) is 0 Å². The molecule has 4 nitrogen and oxygen atoms in total. The van der Waals surface area contributed by atoms with E-state index < -0.39 is 11.2 Å². The number of furan rings is 2. The lowest BCUT2D eigenvalue weighted by Gasteiger charge is -2.29. The quantitative estimate of drug-likeness (QED) is 0.240. The molecule has 0 aliphatic heterocycles. The predicted molar refractivity (Wildman–Crippen MR) is 162 cm³/mol. The molecule has 2 heterocycles. The maximum absolute atomic E-state index is 11.5. The van der Waals surface area contributed by atoms with Crippen LogP contribution < -0.4 is 0 Å². The van der Waals surface area contributed by atoms with Crippen LogP contribution in [0, 0.1) is 0 Å². The third kappa shape index (κ3) is 3.75. The van der Waals surface area contributed by atoms with Gasteiger partial charge in [-0.05, 0) is 74.2 Å². The second-order valence-corrected chi connectivity index (χ2v) is 11.6. The van der Waals surface area contributed by atoms with Crippen molar-refractivity contribution >= 4 is 43.9 Å². The molecule has 0 unspecified atom stereocenters. The monoisotopic (exact) mass is 526 g/mol. The van der Waals surface area contributed by atoms with Crippen molar-refractivity contribution in [2.24, 2.45) is 0 Å². The first-order valence-electron chi connectivity index (χ1n) is 13.6. The molecule has 198 valence electrons. The van der Waals surface area contributed by atoms with Gasteiger partial charge in [-0.25, -0.2) is 0 Å². The van der Waals surface area contributed by atoms with Crippen molar-refractivity contribution in [3.63, 3.8) is 0 Å². The minimum atomic E-state index is -1.18. The number of para-hydroxylation sites is 4. The Kier molecular flexibility index (Phi) is 5.27. The molecule has 7 aromatic rings. The van der Waals surface area contributed by atoms with Crippen LogP contribution in [0.25, 0.3) is 66.1 Å². The average molecular weight is 527 g/mol. The van der Waals surface area contributed by atoms with E-state index >= 15 is 0 Å². The molecule has 4 heteroatoms. The Morgan fingerprint density at radius 1 is 0.450 bits per heavy atom. The van der Waals surface area contributed by atoms with Crippen LogP contribution in [-0.2, 0) is 11.2 Å². The second kappa shape index (κ2) is 8.56. The van der Waals surface area contributed by atoms with Crippen LogP contribution in [0.3, 0.4) is 0 Å². The van der Waals surface area contributed by atoms with Gasteiger partial charge < -0.3 is 19.0 Å². The summed E-state index contributed by atoms with van der Waals surface area (Å²) in [6.45, 7) is 7.17. The van der Waals surface area contributed by atoms with Crippen LogP contribution in [-0.4, -0.2) is 10.2 Å². The van der Waals surface area contributed by atoms with Gasteiger partial charge >= 0.3 is 0 Å². The number of hydrogen-bond donors (Lipinski definition) is 2. The maximum atomic E-state index is 11.5. The van der Waals surface area contributed by atoms with Crippen LogP contribution in [0.2, 0.25) is 0 Å². The largest absolute Gasteiger partial charge is 0.455 e. The van der Waals surface area contributed by atoms with E-state index in [1.165, 1.54) is 0 Å². The Balaban J connectivity index is 1.58. The van der Waals surface area contributed by atoms with E-state index in [2.05, 4.69) is 24.3 Å². The molecule has 40 heavy (non-hydrogen) atoms. The summed E-state index contributed by atoms with van der Waals surface area (Å²) in [4.78, 5) is 0. The van der Waals surface area contributed by atoms with Crippen LogP contribution in [0.15, 0.2) is 106 Å². The van der Waals surface area contributed by atoms with Crippen molar-refractivity contribution in [1.29, 1.82) is 0 Å². The number of benzene rings is 5. The fraction of sp³-hybridized carbons (Fsp3) is 0.167. The molecule has 5 aromatic carbocycles. The molecule has 0 aliphatic rings. The lowest BCUT2D eigenvalue weighted by Crippen LogP contribution is -2.21. The van der Waals surface area contributed by atoms with Crippen molar-refractivity contribution in [2.75, 3.05) is 0 Å². The molecule has 0 amide bonds. The topological polar surface area (TPSA) is 66.7 Å². The molecule has 0 fully saturated rings. The van der Waals surface area contributed by atoms with Gasteiger partial charge in [0, 0.05) is 32.7 Å². The number of rotatable bonds is 4. The Morgan fingerprint density at radius 2 is 0.825 bits per heavy atom.